The van der Waals surface area contributed by atoms with E-state index in [-0.39, 0.29) is 17.0 Å². The normalized spacial score (nSPS) is 16.9. The number of methoxy groups -OCH3 is 1. The Bertz CT molecular complexity index is 1320. The van der Waals surface area contributed by atoms with Gasteiger partial charge in [-0.2, -0.15) is 0 Å². The Balaban J connectivity index is 1.32. The number of benzene rings is 2. The predicted octanol–water partition coefficient (Wildman–Crippen LogP) is 6.20. The second kappa shape index (κ2) is 15.6. The molecule has 0 bridgehead atoms. The van der Waals surface area contributed by atoms with Crippen LogP contribution in [0, 0.1) is 5.92 Å². The Labute approximate surface area is 257 Å². The van der Waals surface area contributed by atoms with E-state index in [1.165, 1.54) is 51.3 Å². The number of piperidine rings is 1. The highest BCUT2D eigenvalue weighted by Gasteiger charge is 2.29. The molecule has 2 aromatic carbocycles. The number of carbonyl (C=O) groups excluding carboxylic acids is 2. The first kappa shape index (κ1) is 32.8. The molecule has 1 saturated carbocycles. The molecule has 2 aliphatic rings. The maximum Gasteiger partial charge on any atom is 0.341 e. The third kappa shape index (κ3) is 9.96. The number of nitrogens with one attached hydrogen (secondary N) is 1. The molecule has 0 unspecified atom stereocenters. The fourth-order valence-electron chi connectivity index (χ4n) is 6.20. The summed E-state index contributed by atoms with van der Waals surface area (Å²) in [6.45, 7) is 5.80. The van der Waals surface area contributed by atoms with Gasteiger partial charge in [-0.15, -0.1) is 0 Å². The minimum atomic E-state index is -3.50. The van der Waals surface area contributed by atoms with E-state index >= 15 is 0 Å². The summed E-state index contributed by atoms with van der Waals surface area (Å²) in [6, 6.07) is 12.6. The lowest BCUT2D eigenvalue weighted by Crippen LogP contribution is -2.48. The van der Waals surface area contributed by atoms with Crippen LogP contribution in [0.1, 0.15) is 87.1 Å². The van der Waals surface area contributed by atoms with Crippen LogP contribution >= 0.6 is 0 Å². The zero-order valence-electron chi connectivity index (χ0n) is 25.8. The van der Waals surface area contributed by atoms with Crippen molar-refractivity contribution in [1.82, 2.24) is 9.80 Å². The molecule has 1 N–H and O–H groups in total. The van der Waals surface area contributed by atoms with Gasteiger partial charge in [0.2, 0.25) is 15.9 Å². The van der Waals surface area contributed by atoms with Gasteiger partial charge in [-0.05, 0) is 73.9 Å². The van der Waals surface area contributed by atoms with E-state index in [0.717, 1.165) is 70.1 Å². The molecule has 1 amide bonds. The van der Waals surface area contributed by atoms with Crippen molar-refractivity contribution < 1.29 is 27.5 Å². The van der Waals surface area contributed by atoms with Gasteiger partial charge in [0.1, 0.15) is 17.1 Å². The van der Waals surface area contributed by atoms with Crippen LogP contribution in [0.15, 0.2) is 42.5 Å². The van der Waals surface area contributed by atoms with Gasteiger partial charge in [0.05, 0.1) is 13.4 Å². The molecule has 2 fully saturated rings. The third-order valence-electron chi connectivity index (χ3n) is 8.50. The first-order valence-electron chi connectivity index (χ1n) is 15.6. The number of anilines is 1. The van der Waals surface area contributed by atoms with Gasteiger partial charge in [-0.1, -0.05) is 44.7 Å². The number of unbranched alkanes of at least 4 members (excludes halogenated alkanes) is 1. The monoisotopic (exact) mass is 613 g/mol. The maximum absolute atomic E-state index is 13.3. The summed E-state index contributed by atoms with van der Waals surface area (Å²) >= 11 is 0. The van der Waals surface area contributed by atoms with E-state index in [4.69, 9.17) is 9.47 Å². The highest BCUT2D eigenvalue weighted by molar-refractivity contribution is 7.92. The number of esters is 1. The molecule has 236 valence electrons. The van der Waals surface area contributed by atoms with E-state index in [1.807, 2.05) is 24.3 Å². The van der Waals surface area contributed by atoms with Crippen molar-refractivity contribution in [3.8, 4) is 11.5 Å². The van der Waals surface area contributed by atoms with Crippen molar-refractivity contribution in [2.24, 2.45) is 5.92 Å². The SMILES string of the molecule is CCCCN(C(=O)CC1CCCCC1)C1CCN(Cc2ccc(Oc3ccc(NS(C)(=O)=O)cc3C(=O)OC)cc2)CC1. The van der Waals surface area contributed by atoms with Gasteiger partial charge >= 0.3 is 5.97 Å². The molecule has 10 heteroatoms. The molecular formula is C33H47N3O6S. The molecule has 0 atom stereocenters. The Morgan fingerprint density at radius 2 is 1.70 bits per heavy atom. The Morgan fingerprint density at radius 3 is 2.33 bits per heavy atom. The van der Waals surface area contributed by atoms with E-state index in [0.29, 0.717) is 23.6 Å². The van der Waals surface area contributed by atoms with Crippen molar-refractivity contribution in [1.29, 1.82) is 0 Å². The lowest BCUT2D eigenvalue weighted by Gasteiger charge is -2.39. The highest BCUT2D eigenvalue weighted by atomic mass is 32.2. The van der Waals surface area contributed by atoms with E-state index in [9.17, 15) is 18.0 Å². The van der Waals surface area contributed by atoms with E-state index in [1.54, 1.807) is 6.07 Å². The number of hydrogen-bond donors (Lipinski definition) is 1. The smallest absolute Gasteiger partial charge is 0.341 e. The quantitative estimate of drug-likeness (QED) is 0.268. The number of ether oxygens (including phenoxy) is 2. The predicted molar refractivity (Wildman–Crippen MR) is 169 cm³/mol. The Morgan fingerprint density at radius 1 is 1.00 bits per heavy atom. The molecule has 1 aliphatic heterocycles. The summed E-state index contributed by atoms with van der Waals surface area (Å²) in [5, 5.41) is 0. The molecule has 0 radical (unpaired) electrons. The summed E-state index contributed by atoms with van der Waals surface area (Å²) < 4.78 is 36.4. The van der Waals surface area contributed by atoms with Crippen molar-refractivity contribution >= 4 is 27.6 Å². The van der Waals surface area contributed by atoms with Gasteiger partial charge in [0.25, 0.3) is 0 Å². The van der Waals surface area contributed by atoms with Crippen molar-refractivity contribution in [2.75, 3.05) is 37.7 Å². The zero-order valence-corrected chi connectivity index (χ0v) is 26.7. The summed E-state index contributed by atoms with van der Waals surface area (Å²) in [4.78, 5) is 30.4. The number of nitrogens with zero attached hydrogens (tertiary/aromatic N) is 2. The Hall–Kier alpha value is -3.11. The average molecular weight is 614 g/mol. The van der Waals surface area contributed by atoms with Crippen LogP contribution in [-0.2, 0) is 26.1 Å². The minimum Gasteiger partial charge on any atom is -0.465 e. The molecular weight excluding hydrogens is 566 g/mol. The summed E-state index contributed by atoms with van der Waals surface area (Å²) in [6.07, 6.45) is 12.2. The molecule has 0 aromatic heterocycles. The van der Waals surface area contributed by atoms with E-state index in [2.05, 4.69) is 21.4 Å². The third-order valence-corrected chi connectivity index (χ3v) is 9.11. The number of hydrogen-bond acceptors (Lipinski definition) is 7. The number of likely N-dealkylation sites (tertiary alicyclic amines) is 1. The lowest BCUT2D eigenvalue weighted by atomic mass is 9.86. The van der Waals surface area contributed by atoms with Crippen LogP contribution in [0.3, 0.4) is 0 Å². The fourth-order valence-corrected chi connectivity index (χ4v) is 6.75. The topological polar surface area (TPSA) is 105 Å². The van der Waals surface area contributed by atoms with Gasteiger partial charge in [-0.25, -0.2) is 13.2 Å². The molecule has 1 saturated heterocycles. The van der Waals surface area contributed by atoms with E-state index < -0.39 is 16.0 Å². The van der Waals surface area contributed by atoms with Crippen LogP contribution in [0.25, 0.3) is 0 Å². The average Bonchev–Trinajstić information content (AvgIpc) is 2.99. The number of sulfonamides is 1. The Kier molecular flexibility index (Phi) is 11.9. The highest BCUT2D eigenvalue weighted by Crippen LogP contribution is 2.31. The van der Waals surface area contributed by atoms with Crippen LogP contribution in [0.4, 0.5) is 5.69 Å². The largest absolute Gasteiger partial charge is 0.465 e. The van der Waals surface area contributed by atoms with Crippen molar-refractivity contribution in [3.05, 3.63) is 53.6 Å². The van der Waals surface area contributed by atoms with Gasteiger partial charge in [-0.3, -0.25) is 14.4 Å². The molecule has 1 heterocycles. The van der Waals surface area contributed by atoms with Crippen molar-refractivity contribution in [3.63, 3.8) is 0 Å². The lowest BCUT2D eigenvalue weighted by molar-refractivity contribution is -0.136. The number of amides is 1. The molecule has 1 aliphatic carbocycles. The summed E-state index contributed by atoms with van der Waals surface area (Å²) in [5.74, 6) is 1.13. The second-order valence-corrected chi connectivity index (χ2v) is 13.7. The molecule has 2 aromatic rings. The fraction of sp³-hybridized carbons (Fsp3) is 0.576. The van der Waals surface area contributed by atoms with Gasteiger partial charge in [0.15, 0.2) is 0 Å². The zero-order chi connectivity index (χ0) is 30.8. The van der Waals surface area contributed by atoms with Crippen LogP contribution < -0.4 is 9.46 Å². The standard InChI is InChI=1S/C33H47N3O6S/c1-4-5-19-36(32(37)22-25-9-7-6-8-10-25)28-17-20-35(21-18-28)24-26-11-14-29(15-12-26)42-31-16-13-27(34-43(3,39)40)23-30(31)33(38)41-2/h11-16,23,25,28,34H,4-10,17-22,24H2,1-3H3. The van der Waals surface area contributed by atoms with Crippen LogP contribution in [0.5, 0.6) is 11.5 Å². The molecule has 43 heavy (non-hydrogen) atoms. The molecule has 0 spiro atoms. The van der Waals surface area contributed by atoms with Gasteiger partial charge in [0, 0.05) is 44.3 Å². The van der Waals surface area contributed by atoms with Crippen LogP contribution in [0.2, 0.25) is 0 Å². The maximum atomic E-state index is 13.3. The first-order valence-corrected chi connectivity index (χ1v) is 17.5. The number of carbonyl (C=O) groups is 2. The number of rotatable bonds is 13. The van der Waals surface area contributed by atoms with Gasteiger partial charge < -0.3 is 14.4 Å². The summed E-state index contributed by atoms with van der Waals surface area (Å²) in [5.41, 5.74) is 1.52. The summed E-state index contributed by atoms with van der Waals surface area (Å²) in [7, 11) is -2.24. The van der Waals surface area contributed by atoms with Crippen molar-refractivity contribution in [2.45, 2.75) is 83.7 Å². The second-order valence-electron chi connectivity index (χ2n) is 12.0. The first-order chi connectivity index (χ1) is 20.6. The molecule has 4 rings (SSSR count). The minimum absolute atomic E-state index is 0.119. The van der Waals surface area contributed by atoms with Crippen LogP contribution in [-0.4, -0.2) is 69.1 Å². The molecule has 9 nitrogen and oxygen atoms in total.